The number of amides is 1. The van der Waals surface area contributed by atoms with E-state index in [1.807, 2.05) is 0 Å². The van der Waals surface area contributed by atoms with Crippen LogP contribution in [0.1, 0.15) is 20.7 Å². The number of rotatable bonds is 1. The molecule has 0 spiro atoms. The lowest BCUT2D eigenvalue weighted by Gasteiger charge is -2.36. The Hall–Kier alpha value is -2.83. The van der Waals surface area contributed by atoms with Crippen molar-refractivity contribution in [3.05, 3.63) is 46.8 Å². The molecule has 1 aromatic rings. The number of hydrogen-bond acceptors (Lipinski definition) is 5. The molecule has 22 heavy (non-hydrogen) atoms. The summed E-state index contributed by atoms with van der Waals surface area (Å²) in [4.78, 5) is 38.5. The summed E-state index contributed by atoms with van der Waals surface area (Å²) in [6.07, 6.45) is -1.02. The van der Waals surface area contributed by atoms with Gasteiger partial charge in [-0.2, -0.15) is 0 Å². The first kappa shape index (κ1) is 14.1. The average molecular weight is 302 g/mol. The Bertz CT molecular complexity index is 702. The Balaban J connectivity index is 1.92. The topological polar surface area (TPSA) is 98.2 Å². The second-order valence-electron chi connectivity index (χ2n) is 5.16. The number of aliphatic hydroxyl groups is 1. The summed E-state index contributed by atoms with van der Waals surface area (Å²) in [5, 5.41) is 19.1. The van der Waals surface area contributed by atoms with Crippen molar-refractivity contribution in [2.24, 2.45) is 0 Å². The lowest BCUT2D eigenvalue weighted by molar-refractivity contribution is 0.0846. The molecular formula is C15H14N2O5. The summed E-state index contributed by atoms with van der Waals surface area (Å²) < 4.78 is 0. The maximum Gasteiger partial charge on any atom is 0.407 e. The number of ketones is 2. The number of aliphatic hydroxyl groups excluding tert-OH is 1. The van der Waals surface area contributed by atoms with Gasteiger partial charge in [-0.05, 0) is 0 Å². The van der Waals surface area contributed by atoms with Gasteiger partial charge in [-0.15, -0.1) is 0 Å². The van der Waals surface area contributed by atoms with Crippen LogP contribution >= 0.6 is 0 Å². The van der Waals surface area contributed by atoms with Crippen molar-refractivity contribution in [3.8, 4) is 0 Å². The highest BCUT2D eigenvalue weighted by atomic mass is 16.4. The number of carbonyl (C=O) groups is 3. The van der Waals surface area contributed by atoms with Crippen LogP contribution in [-0.4, -0.2) is 63.9 Å². The molecule has 0 unspecified atom stereocenters. The zero-order valence-electron chi connectivity index (χ0n) is 11.7. The summed E-state index contributed by atoms with van der Waals surface area (Å²) in [5.41, 5.74) is 0.424. The van der Waals surface area contributed by atoms with E-state index in [9.17, 15) is 19.5 Å². The number of hydrogen-bond donors (Lipinski definition) is 2. The van der Waals surface area contributed by atoms with Gasteiger partial charge in [0.2, 0.25) is 11.6 Å². The van der Waals surface area contributed by atoms with Crippen molar-refractivity contribution in [1.29, 1.82) is 0 Å². The Kier molecular flexibility index (Phi) is 3.32. The molecule has 1 aliphatic heterocycles. The van der Waals surface area contributed by atoms with Gasteiger partial charge in [-0.3, -0.25) is 9.59 Å². The average Bonchev–Trinajstić information content (AvgIpc) is 2.53. The van der Waals surface area contributed by atoms with Crippen LogP contribution in [0.3, 0.4) is 0 Å². The van der Waals surface area contributed by atoms with Gasteiger partial charge in [-0.1, -0.05) is 24.3 Å². The summed E-state index contributed by atoms with van der Waals surface area (Å²) in [7, 11) is 0. The third-order valence-electron chi connectivity index (χ3n) is 3.94. The Morgan fingerprint density at radius 3 is 2.05 bits per heavy atom. The minimum atomic E-state index is -1.02. The highest BCUT2D eigenvalue weighted by molar-refractivity contribution is 6.25. The van der Waals surface area contributed by atoms with E-state index < -0.39 is 23.4 Å². The normalized spacial score (nSPS) is 18.5. The molecule has 0 radical (unpaired) electrons. The second kappa shape index (κ2) is 5.18. The monoisotopic (exact) mass is 302 g/mol. The molecule has 2 N–H and O–H groups in total. The van der Waals surface area contributed by atoms with Crippen LogP contribution < -0.4 is 0 Å². The highest BCUT2D eigenvalue weighted by Crippen LogP contribution is 2.27. The largest absolute Gasteiger partial charge is 0.503 e. The summed E-state index contributed by atoms with van der Waals surface area (Å²) >= 11 is 0. The molecule has 1 amide bonds. The second-order valence-corrected chi connectivity index (χ2v) is 5.16. The van der Waals surface area contributed by atoms with Crippen LogP contribution in [0.15, 0.2) is 35.7 Å². The minimum absolute atomic E-state index is 0.0336. The van der Waals surface area contributed by atoms with Crippen LogP contribution in [0, 0.1) is 0 Å². The lowest BCUT2D eigenvalue weighted by atomic mass is 9.90. The first-order valence-electron chi connectivity index (χ1n) is 6.85. The quantitative estimate of drug-likeness (QED) is 0.807. The molecule has 0 bridgehead atoms. The van der Waals surface area contributed by atoms with Crippen molar-refractivity contribution >= 4 is 17.7 Å². The zero-order valence-corrected chi connectivity index (χ0v) is 11.7. The smallest absolute Gasteiger partial charge is 0.407 e. The molecule has 1 heterocycles. The van der Waals surface area contributed by atoms with Crippen LogP contribution in [0.4, 0.5) is 4.79 Å². The van der Waals surface area contributed by atoms with E-state index in [0.29, 0.717) is 0 Å². The van der Waals surface area contributed by atoms with Gasteiger partial charge in [0, 0.05) is 37.3 Å². The fourth-order valence-electron chi connectivity index (χ4n) is 2.76. The molecule has 0 atom stereocenters. The van der Waals surface area contributed by atoms with Crippen LogP contribution in [0.2, 0.25) is 0 Å². The van der Waals surface area contributed by atoms with Gasteiger partial charge in [0.15, 0.2) is 5.76 Å². The highest BCUT2D eigenvalue weighted by Gasteiger charge is 2.36. The molecular weight excluding hydrogens is 288 g/mol. The molecule has 3 rings (SSSR count). The molecule has 1 aliphatic carbocycles. The van der Waals surface area contributed by atoms with E-state index in [4.69, 9.17) is 5.11 Å². The van der Waals surface area contributed by atoms with Gasteiger partial charge in [0.1, 0.15) is 5.70 Å². The number of allylic oxidation sites excluding steroid dienone is 2. The van der Waals surface area contributed by atoms with Crippen molar-refractivity contribution in [2.75, 3.05) is 26.2 Å². The molecule has 1 aromatic carbocycles. The number of benzene rings is 1. The number of nitrogens with zero attached hydrogens (tertiary/aromatic N) is 2. The summed E-state index contributed by atoms with van der Waals surface area (Å²) in [5.74, 6) is -1.55. The van der Waals surface area contributed by atoms with E-state index >= 15 is 0 Å². The van der Waals surface area contributed by atoms with E-state index in [-0.39, 0.29) is 43.0 Å². The molecule has 114 valence electrons. The first-order chi connectivity index (χ1) is 10.5. The third kappa shape index (κ3) is 2.11. The minimum Gasteiger partial charge on any atom is -0.503 e. The summed E-state index contributed by atoms with van der Waals surface area (Å²) in [6, 6.07) is 6.35. The maximum atomic E-state index is 12.5. The number of Topliss-reactive ketones (excluding diaryl/α,β-unsaturated/α-hetero) is 2. The molecule has 1 saturated heterocycles. The summed E-state index contributed by atoms with van der Waals surface area (Å²) in [6.45, 7) is 0.949. The van der Waals surface area contributed by atoms with Crippen LogP contribution in [0.5, 0.6) is 0 Å². The van der Waals surface area contributed by atoms with E-state index in [2.05, 4.69) is 0 Å². The number of fused-ring (bicyclic) bond motifs is 1. The predicted molar refractivity (Wildman–Crippen MR) is 75.9 cm³/mol. The van der Waals surface area contributed by atoms with Crippen molar-refractivity contribution in [1.82, 2.24) is 9.80 Å². The lowest BCUT2D eigenvalue weighted by Crippen LogP contribution is -2.49. The third-order valence-corrected chi connectivity index (χ3v) is 3.94. The van der Waals surface area contributed by atoms with Gasteiger partial charge in [0.05, 0.1) is 0 Å². The SMILES string of the molecule is O=C1C(O)=C(N2CCN(C(=O)O)CC2)C(=O)c2ccccc21. The molecule has 0 saturated carbocycles. The van der Waals surface area contributed by atoms with Crippen LogP contribution in [0.25, 0.3) is 0 Å². The number of piperazine rings is 1. The van der Waals surface area contributed by atoms with Gasteiger partial charge in [0.25, 0.3) is 0 Å². The van der Waals surface area contributed by atoms with Crippen molar-refractivity contribution in [2.45, 2.75) is 0 Å². The predicted octanol–water partition coefficient (Wildman–Crippen LogP) is 1.13. The molecule has 1 fully saturated rings. The van der Waals surface area contributed by atoms with Crippen molar-refractivity contribution < 1.29 is 24.6 Å². The Labute approximate surface area is 126 Å². The molecule has 7 nitrogen and oxygen atoms in total. The van der Waals surface area contributed by atoms with Gasteiger partial charge < -0.3 is 20.0 Å². The Morgan fingerprint density at radius 2 is 1.50 bits per heavy atom. The van der Waals surface area contributed by atoms with Gasteiger partial charge in [-0.25, -0.2) is 4.79 Å². The molecule has 7 heteroatoms. The maximum absolute atomic E-state index is 12.5. The van der Waals surface area contributed by atoms with E-state index in [1.165, 1.54) is 11.0 Å². The zero-order chi connectivity index (χ0) is 15.9. The van der Waals surface area contributed by atoms with E-state index in [1.54, 1.807) is 23.1 Å². The van der Waals surface area contributed by atoms with Crippen molar-refractivity contribution in [3.63, 3.8) is 0 Å². The number of carbonyl (C=O) groups excluding carboxylic acids is 2. The fraction of sp³-hybridized carbons (Fsp3) is 0.267. The Morgan fingerprint density at radius 1 is 0.955 bits per heavy atom. The standard InChI is InChI=1S/C15H14N2O5/c18-12-9-3-1-2-4-10(9)13(19)14(20)11(12)16-5-7-17(8-6-16)15(21)22/h1-4,20H,5-8H2,(H,21,22). The first-order valence-corrected chi connectivity index (χ1v) is 6.85. The van der Waals surface area contributed by atoms with Gasteiger partial charge >= 0.3 is 6.09 Å². The van der Waals surface area contributed by atoms with E-state index in [0.717, 1.165) is 0 Å². The number of carboxylic acid groups (broad SMARTS) is 1. The molecule has 2 aliphatic rings. The fourth-order valence-corrected chi connectivity index (χ4v) is 2.76. The van der Waals surface area contributed by atoms with Crippen LogP contribution in [-0.2, 0) is 0 Å². The molecule has 0 aromatic heterocycles.